The van der Waals surface area contributed by atoms with Crippen molar-refractivity contribution in [2.75, 3.05) is 20.1 Å². The Morgan fingerprint density at radius 3 is 1.89 bits per heavy atom. The van der Waals surface area contributed by atoms with Crippen molar-refractivity contribution in [1.82, 2.24) is 0 Å². The molecule has 0 aromatic carbocycles. The summed E-state index contributed by atoms with van der Waals surface area (Å²) in [5.41, 5.74) is 0.965. The molecular formula is C18H36N+. The molecule has 0 radical (unpaired) electrons. The first kappa shape index (κ1) is 15.4. The van der Waals surface area contributed by atoms with E-state index in [2.05, 4.69) is 48.6 Å². The van der Waals surface area contributed by atoms with E-state index in [9.17, 15) is 0 Å². The molecule has 1 heterocycles. The van der Waals surface area contributed by atoms with Gasteiger partial charge in [-0.05, 0) is 44.4 Å². The summed E-state index contributed by atoms with van der Waals surface area (Å²) < 4.78 is 1.32. The monoisotopic (exact) mass is 266 g/mol. The Kier molecular flexibility index (Phi) is 3.84. The lowest BCUT2D eigenvalue weighted by molar-refractivity contribution is -0.950. The average molecular weight is 266 g/mol. The van der Waals surface area contributed by atoms with Crippen LogP contribution in [0.15, 0.2) is 0 Å². The van der Waals surface area contributed by atoms with Crippen LogP contribution in [0.2, 0.25) is 0 Å². The molecule has 0 bridgehead atoms. The molecule has 1 aliphatic heterocycles. The first-order valence-corrected chi connectivity index (χ1v) is 8.41. The third kappa shape index (κ3) is 2.73. The number of nitrogens with zero attached hydrogens (tertiary/aromatic N) is 1. The van der Waals surface area contributed by atoms with Gasteiger partial charge in [-0.15, -0.1) is 0 Å². The minimum Gasteiger partial charge on any atom is -0.321 e. The van der Waals surface area contributed by atoms with Crippen LogP contribution in [0.1, 0.15) is 67.2 Å². The zero-order valence-electron chi connectivity index (χ0n) is 14.4. The summed E-state index contributed by atoms with van der Waals surface area (Å²) in [5.74, 6) is 2.78. The standard InChI is InChI=1S/C18H36N/c1-14-10-11-19(7,13-14)18(5,6)16-9-8-15(12-16)17(2,3)4/h14-16H,8-13H2,1-7H3/q+1. The van der Waals surface area contributed by atoms with E-state index in [0.29, 0.717) is 11.0 Å². The average Bonchev–Trinajstić information content (AvgIpc) is 2.85. The molecule has 112 valence electrons. The highest BCUT2D eigenvalue weighted by Gasteiger charge is 2.51. The van der Waals surface area contributed by atoms with Crippen LogP contribution in [-0.4, -0.2) is 30.2 Å². The van der Waals surface area contributed by atoms with E-state index >= 15 is 0 Å². The number of rotatable bonds is 2. The van der Waals surface area contributed by atoms with Gasteiger partial charge >= 0.3 is 0 Å². The zero-order valence-corrected chi connectivity index (χ0v) is 14.4. The molecule has 2 aliphatic rings. The normalized spacial score (nSPS) is 40.9. The van der Waals surface area contributed by atoms with Gasteiger partial charge in [-0.3, -0.25) is 0 Å². The summed E-state index contributed by atoms with van der Waals surface area (Å²) >= 11 is 0. The number of quaternary nitrogens is 1. The molecule has 1 heteroatoms. The predicted molar refractivity (Wildman–Crippen MR) is 84.1 cm³/mol. The summed E-state index contributed by atoms with van der Waals surface area (Å²) in [6.07, 6.45) is 5.79. The topological polar surface area (TPSA) is 0 Å². The molecule has 2 rings (SSSR count). The maximum absolute atomic E-state index is 2.56. The summed E-state index contributed by atoms with van der Waals surface area (Å²) in [6, 6.07) is 0. The molecule has 4 atom stereocenters. The van der Waals surface area contributed by atoms with Gasteiger partial charge in [-0.2, -0.15) is 0 Å². The lowest BCUT2D eigenvalue weighted by Crippen LogP contribution is -2.60. The van der Waals surface area contributed by atoms with Crippen molar-refractivity contribution in [3.63, 3.8) is 0 Å². The molecule has 4 unspecified atom stereocenters. The minimum atomic E-state index is 0.463. The Balaban J connectivity index is 2.09. The molecule has 2 fully saturated rings. The Morgan fingerprint density at radius 2 is 1.47 bits per heavy atom. The van der Waals surface area contributed by atoms with Gasteiger partial charge in [0.05, 0.1) is 25.7 Å². The fourth-order valence-corrected chi connectivity index (χ4v) is 4.75. The third-order valence-corrected chi connectivity index (χ3v) is 6.88. The molecule has 1 saturated heterocycles. The Bertz CT molecular complexity index is 325. The second kappa shape index (κ2) is 4.76. The zero-order chi connectivity index (χ0) is 14.5. The Labute approximate surface area is 121 Å². The van der Waals surface area contributed by atoms with Crippen LogP contribution in [0.3, 0.4) is 0 Å². The van der Waals surface area contributed by atoms with E-state index in [1.807, 2.05) is 0 Å². The molecule has 0 spiro atoms. The van der Waals surface area contributed by atoms with Crippen LogP contribution >= 0.6 is 0 Å². The molecule has 0 aromatic heterocycles. The van der Waals surface area contributed by atoms with Crippen LogP contribution in [-0.2, 0) is 0 Å². The highest BCUT2D eigenvalue weighted by atomic mass is 15.4. The van der Waals surface area contributed by atoms with Crippen molar-refractivity contribution in [2.45, 2.75) is 72.8 Å². The van der Waals surface area contributed by atoms with Crippen LogP contribution in [0, 0.1) is 23.2 Å². The summed E-state index contributed by atoms with van der Waals surface area (Å²) in [7, 11) is 2.52. The second-order valence-electron chi connectivity index (χ2n) is 9.42. The van der Waals surface area contributed by atoms with E-state index in [1.54, 1.807) is 0 Å². The quantitative estimate of drug-likeness (QED) is 0.635. The molecule has 1 saturated carbocycles. The van der Waals surface area contributed by atoms with E-state index in [0.717, 1.165) is 17.8 Å². The van der Waals surface area contributed by atoms with Crippen LogP contribution in [0.4, 0.5) is 0 Å². The van der Waals surface area contributed by atoms with E-state index in [-0.39, 0.29) is 0 Å². The van der Waals surface area contributed by atoms with Crippen LogP contribution in [0.5, 0.6) is 0 Å². The maximum atomic E-state index is 2.56. The molecule has 0 aromatic rings. The highest BCUT2D eigenvalue weighted by Crippen LogP contribution is 2.49. The number of likely N-dealkylation sites (tertiary alicyclic amines) is 1. The second-order valence-corrected chi connectivity index (χ2v) is 9.42. The van der Waals surface area contributed by atoms with Crippen molar-refractivity contribution < 1.29 is 4.48 Å². The van der Waals surface area contributed by atoms with Gasteiger partial charge in [0, 0.05) is 18.3 Å². The van der Waals surface area contributed by atoms with E-state index in [1.165, 1.54) is 43.3 Å². The molecule has 1 aliphatic carbocycles. The van der Waals surface area contributed by atoms with Crippen molar-refractivity contribution in [3.05, 3.63) is 0 Å². The SMILES string of the molecule is CC1CC[N+](C)(C(C)(C)C2CCC(C(C)(C)C)C2)C1. The van der Waals surface area contributed by atoms with Gasteiger partial charge in [0.15, 0.2) is 0 Å². The van der Waals surface area contributed by atoms with Gasteiger partial charge in [0.1, 0.15) is 0 Å². The van der Waals surface area contributed by atoms with Gasteiger partial charge < -0.3 is 4.48 Å². The molecule has 19 heavy (non-hydrogen) atoms. The third-order valence-electron chi connectivity index (χ3n) is 6.88. The Hall–Kier alpha value is -0.0400. The van der Waals surface area contributed by atoms with E-state index < -0.39 is 0 Å². The number of hydrogen-bond donors (Lipinski definition) is 0. The van der Waals surface area contributed by atoms with Gasteiger partial charge in [0.2, 0.25) is 0 Å². The van der Waals surface area contributed by atoms with Crippen molar-refractivity contribution in [3.8, 4) is 0 Å². The van der Waals surface area contributed by atoms with Gasteiger partial charge in [-0.1, -0.05) is 27.7 Å². The largest absolute Gasteiger partial charge is 0.321 e. The van der Waals surface area contributed by atoms with Gasteiger partial charge in [-0.25, -0.2) is 0 Å². The lowest BCUT2D eigenvalue weighted by atomic mass is 9.76. The fraction of sp³-hybridized carbons (Fsp3) is 1.00. The summed E-state index contributed by atoms with van der Waals surface area (Å²) in [5, 5.41) is 0. The smallest absolute Gasteiger partial charge is 0.0962 e. The summed E-state index contributed by atoms with van der Waals surface area (Å²) in [4.78, 5) is 0. The van der Waals surface area contributed by atoms with Crippen molar-refractivity contribution in [2.24, 2.45) is 23.2 Å². The molecule has 0 amide bonds. The van der Waals surface area contributed by atoms with Crippen LogP contribution < -0.4 is 0 Å². The summed E-state index contributed by atoms with van der Waals surface area (Å²) in [6.45, 7) is 17.6. The highest BCUT2D eigenvalue weighted by molar-refractivity contribution is 4.92. The first-order valence-electron chi connectivity index (χ1n) is 8.41. The number of hydrogen-bond acceptors (Lipinski definition) is 0. The molecular weight excluding hydrogens is 230 g/mol. The van der Waals surface area contributed by atoms with E-state index in [4.69, 9.17) is 0 Å². The molecule has 1 nitrogen and oxygen atoms in total. The van der Waals surface area contributed by atoms with Crippen molar-refractivity contribution >= 4 is 0 Å². The van der Waals surface area contributed by atoms with Crippen LogP contribution in [0.25, 0.3) is 0 Å². The first-order chi connectivity index (χ1) is 8.56. The predicted octanol–water partition coefficient (Wildman–Crippen LogP) is 4.71. The maximum Gasteiger partial charge on any atom is 0.0962 e. The molecule has 0 N–H and O–H groups in total. The fourth-order valence-electron chi connectivity index (χ4n) is 4.75. The lowest BCUT2D eigenvalue weighted by Gasteiger charge is -2.49. The Morgan fingerprint density at radius 1 is 0.895 bits per heavy atom. The van der Waals surface area contributed by atoms with Crippen molar-refractivity contribution in [1.29, 1.82) is 0 Å². The minimum absolute atomic E-state index is 0.463. The van der Waals surface area contributed by atoms with Gasteiger partial charge in [0.25, 0.3) is 0 Å².